The van der Waals surface area contributed by atoms with Crippen LogP contribution in [0.4, 0.5) is 13.2 Å². The minimum Gasteiger partial charge on any atom is -0.480 e. The van der Waals surface area contributed by atoms with Crippen molar-refractivity contribution in [2.75, 3.05) is 12.4 Å². The van der Waals surface area contributed by atoms with Crippen molar-refractivity contribution in [1.82, 2.24) is 4.72 Å². The molecule has 0 amide bonds. The number of hydrogen-bond acceptors (Lipinski definition) is 5. The summed E-state index contributed by atoms with van der Waals surface area (Å²) in [6.07, 6.45) is -6.02. The van der Waals surface area contributed by atoms with Crippen LogP contribution in [0.15, 0.2) is 0 Å². The zero-order valence-electron chi connectivity index (χ0n) is 10.7. The maximum absolute atomic E-state index is 12.6. The highest BCUT2D eigenvalue weighted by atomic mass is 32.2. The number of rotatable bonds is 7. The molecule has 0 bridgehead atoms. The Morgan fingerprint density at radius 2 is 1.80 bits per heavy atom. The number of carbonyl (C=O) groups is 2. The van der Waals surface area contributed by atoms with Crippen LogP contribution in [-0.2, 0) is 24.3 Å². The Balaban J connectivity index is 4.98. The van der Waals surface area contributed by atoms with E-state index in [4.69, 9.17) is 5.11 Å². The van der Waals surface area contributed by atoms with Gasteiger partial charge in [-0.15, -0.1) is 0 Å². The van der Waals surface area contributed by atoms with Crippen molar-refractivity contribution in [1.29, 1.82) is 0 Å². The molecule has 0 aliphatic rings. The highest BCUT2D eigenvalue weighted by molar-refractivity contribution is 7.89. The fourth-order valence-corrected chi connectivity index (χ4v) is 2.40. The van der Waals surface area contributed by atoms with Crippen molar-refractivity contribution in [2.45, 2.75) is 32.0 Å². The van der Waals surface area contributed by atoms with Gasteiger partial charge in [0.15, 0.2) is 0 Å². The molecule has 7 nitrogen and oxygen atoms in total. The zero-order chi connectivity index (χ0) is 16.2. The monoisotopic (exact) mass is 321 g/mol. The Kier molecular flexibility index (Phi) is 5.96. The lowest BCUT2D eigenvalue weighted by atomic mass is 10.0. The molecular formula is C9H14F3NO6S. The van der Waals surface area contributed by atoms with Crippen LogP contribution in [0.2, 0.25) is 0 Å². The normalized spacial score (nSPS) is 15.4. The van der Waals surface area contributed by atoms with Gasteiger partial charge < -0.3 is 9.84 Å². The van der Waals surface area contributed by atoms with E-state index in [2.05, 4.69) is 4.74 Å². The van der Waals surface area contributed by atoms with E-state index in [0.29, 0.717) is 0 Å². The maximum Gasteiger partial charge on any atom is 0.418 e. The number of ether oxygens (including phenoxy) is 1. The van der Waals surface area contributed by atoms with Crippen LogP contribution in [0.3, 0.4) is 0 Å². The number of carboxylic acid groups (broad SMARTS) is 1. The molecule has 0 radical (unpaired) electrons. The number of sulfonamides is 1. The van der Waals surface area contributed by atoms with Gasteiger partial charge in [-0.25, -0.2) is 13.2 Å². The van der Waals surface area contributed by atoms with E-state index in [1.54, 1.807) is 0 Å². The first-order valence-electron chi connectivity index (χ1n) is 5.33. The lowest BCUT2D eigenvalue weighted by Gasteiger charge is -2.28. The standard InChI is InChI=1S/C9H14F3NO6S/c1-3-19-6(14)4-5-20(17,18)13-8(2,7(15)16)9(10,11)12/h13H,3-5H2,1-2H3,(H,15,16). The Hall–Kier alpha value is -1.36. The Labute approximate surface area is 113 Å². The van der Waals surface area contributed by atoms with Gasteiger partial charge in [-0.2, -0.15) is 17.9 Å². The van der Waals surface area contributed by atoms with E-state index in [-0.39, 0.29) is 13.5 Å². The first kappa shape index (κ1) is 18.6. The van der Waals surface area contributed by atoms with E-state index in [1.807, 2.05) is 0 Å². The molecule has 11 heteroatoms. The van der Waals surface area contributed by atoms with Gasteiger partial charge in [0.2, 0.25) is 15.6 Å². The summed E-state index contributed by atoms with van der Waals surface area (Å²) in [5, 5.41) is 8.55. The van der Waals surface area contributed by atoms with Gasteiger partial charge in [0.25, 0.3) is 0 Å². The number of halogens is 3. The molecule has 0 aliphatic heterocycles. The molecule has 2 N–H and O–H groups in total. The predicted molar refractivity (Wildman–Crippen MR) is 60.3 cm³/mol. The second-order valence-corrected chi connectivity index (χ2v) is 5.75. The van der Waals surface area contributed by atoms with E-state index in [0.717, 1.165) is 4.72 Å². The molecule has 0 aliphatic carbocycles. The molecule has 0 aromatic rings. The average molecular weight is 321 g/mol. The van der Waals surface area contributed by atoms with Crippen molar-refractivity contribution in [3.63, 3.8) is 0 Å². The molecule has 1 unspecified atom stereocenters. The summed E-state index contributed by atoms with van der Waals surface area (Å²) in [6.45, 7) is 1.63. The number of carboxylic acids is 1. The molecular weight excluding hydrogens is 307 g/mol. The lowest BCUT2D eigenvalue weighted by molar-refractivity contribution is -0.201. The van der Waals surface area contributed by atoms with Crippen LogP contribution in [0, 0.1) is 0 Å². The largest absolute Gasteiger partial charge is 0.480 e. The molecule has 20 heavy (non-hydrogen) atoms. The molecule has 0 saturated heterocycles. The molecule has 0 saturated carbocycles. The van der Waals surface area contributed by atoms with Gasteiger partial charge in [-0.3, -0.25) is 4.79 Å². The lowest BCUT2D eigenvalue weighted by Crippen LogP contribution is -2.62. The van der Waals surface area contributed by atoms with Gasteiger partial charge in [-0.05, 0) is 13.8 Å². The maximum atomic E-state index is 12.6. The third-order valence-corrected chi connectivity index (χ3v) is 3.70. The number of esters is 1. The molecule has 0 aromatic carbocycles. The molecule has 0 fully saturated rings. The fourth-order valence-electron chi connectivity index (χ4n) is 1.04. The van der Waals surface area contributed by atoms with Crippen LogP contribution in [0.5, 0.6) is 0 Å². The topological polar surface area (TPSA) is 110 Å². The summed E-state index contributed by atoms with van der Waals surface area (Å²) in [5.41, 5.74) is -3.67. The first-order chi connectivity index (χ1) is 8.85. The molecule has 0 aromatic heterocycles. The molecule has 118 valence electrons. The summed E-state index contributed by atoms with van der Waals surface area (Å²) < 4.78 is 66.1. The summed E-state index contributed by atoms with van der Waals surface area (Å²) in [6, 6.07) is 0. The van der Waals surface area contributed by atoms with E-state index >= 15 is 0 Å². The van der Waals surface area contributed by atoms with Crippen LogP contribution < -0.4 is 4.72 Å². The molecule has 0 spiro atoms. The summed E-state index contributed by atoms with van der Waals surface area (Å²) in [4.78, 5) is 21.6. The Bertz CT molecular complexity index is 475. The predicted octanol–water partition coefficient (Wildman–Crippen LogP) is 0.265. The van der Waals surface area contributed by atoms with Gasteiger partial charge in [-0.1, -0.05) is 0 Å². The molecule has 1 atom stereocenters. The van der Waals surface area contributed by atoms with Crippen molar-refractivity contribution < 1.29 is 41.0 Å². The Morgan fingerprint density at radius 3 is 2.15 bits per heavy atom. The summed E-state index contributed by atoms with van der Waals surface area (Å²) in [7, 11) is -4.63. The second-order valence-electron chi connectivity index (χ2n) is 3.90. The van der Waals surface area contributed by atoms with Crippen LogP contribution >= 0.6 is 0 Å². The smallest absolute Gasteiger partial charge is 0.418 e. The number of aliphatic carboxylic acids is 1. The van der Waals surface area contributed by atoms with Gasteiger partial charge in [0.05, 0.1) is 18.8 Å². The highest BCUT2D eigenvalue weighted by Crippen LogP contribution is 2.31. The van der Waals surface area contributed by atoms with Gasteiger partial charge in [0.1, 0.15) is 0 Å². The number of hydrogen-bond donors (Lipinski definition) is 2. The number of carbonyl (C=O) groups excluding carboxylic acids is 1. The quantitative estimate of drug-likeness (QED) is 0.651. The molecule has 0 heterocycles. The third kappa shape index (κ3) is 4.96. The van der Waals surface area contributed by atoms with Crippen LogP contribution in [0.25, 0.3) is 0 Å². The summed E-state index contributed by atoms with van der Waals surface area (Å²) in [5.74, 6) is -4.32. The molecule has 0 rings (SSSR count). The average Bonchev–Trinajstić information content (AvgIpc) is 2.24. The minimum atomic E-state index is -5.34. The van der Waals surface area contributed by atoms with Crippen molar-refractivity contribution >= 4 is 22.0 Å². The van der Waals surface area contributed by atoms with E-state index in [9.17, 15) is 31.2 Å². The SMILES string of the molecule is CCOC(=O)CCS(=O)(=O)NC(C)(C(=O)O)C(F)(F)F. The van der Waals surface area contributed by atoms with Crippen LogP contribution in [0.1, 0.15) is 20.3 Å². The van der Waals surface area contributed by atoms with Crippen LogP contribution in [-0.4, -0.2) is 49.5 Å². The zero-order valence-corrected chi connectivity index (χ0v) is 11.5. The number of nitrogens with one attached hydrogen (secondary N) is 1. The van der Waals surface area contributed by atoms with Crippen molar-refractivity contribution in [3.8, 4) is 0 Å². The highest BCUT2D eigenvalue weighted by Gasteiger charge is 2.59. The first-order valence-corrected chi connectivity index (χ1v) is 6.98. The third-order valence-electron chi connectivity index (χ3n) is 2.23. The Morgan fingerprint density at radius 1 is 1.30 bits per heavy atom. The number of alkyl halides is 3. The van der Waals surface area contributed by atoms with Crippen molar-refractivity contribution in [2.24, 2.45) is 0 Å². The van der Waals surface area contributed by atoms with E-state index < -0.39 is 45.9 Å². The second kappa shape index (κ2) is 6.39. The van der Waals surface area contributed by atoms with Gasteiger partial charge >= 0.3 is 18.1 Å². The van der Waals surface area contributed by atoms with Gasteiger partial charge in [0, 0.05) is 0 Å². The van der Waals surface area contributed by atoms with E-state index in [1.165, 1.54) is 6.92 Å². The minimum absolute atomic E-state index is 0.0122. The summed E-state index contributed by atoms with van der Waals surface area (Å²) >= 11 is 0. The fraction of sp³-hybridized carbons (Fsp3) is 0.778. The van der Waals surface area contributed by atoms with Crippen molar-refractivity contribution in [3.05, 3.63) is 0 Å².